The summed E-state index contributed by atoms with van der Waals surface area (Å²) in [6.45, 7) is 9.21. The first-order chi connectivity index (χ1) is 9.95. The molecule has 0 heterocycles. The molecule has 0 aliphatic heterocycles. The molecule has 4 atom stereocenters. The normalized spacial score (nSPS) is 45.4. The Morgan fingerprint density at radius 3 is 2.81 bits per heavy atom. The topological polar surface area (TPSA) is 17.1 Å². The van der Waals surface area contributed by atoms with Crippen molar-refractivity contribution in [2.24, 2.45) is 22.7 Å². The molecule has 4 aliphatic rings. The van der Waals surface area contributed by atoms with Crippen LogP contribution in [0, 0.1) is 22.7 Å². The van der Waals surface area contributed by atoms with Crippen molar-refractivity contribution in [3.05, 3.63) is 35.5 Å². The van der Waals surface area contributed by atoms with Crippen LogP contribution in [-0.2, 0) is 4.79 Å². The molecule has 21 heavy (non-hydrogen) atoms. The zero-order valence-electron chi connectivity index (χ0n) is 13.4. The first kappa shape index (κ1) is 13.5. The van der Waals surface area contributed by atoms with E-state index in [4.69, 9.17) is 0 Å². The zero-order valence-corrected chi connectivity index (χ0v) is 13.4. The standard InChI is InChI=1S/C20H26O/c1-13-4-7-17-16-6-5-14-12-15(21)8-10-20(14,3)18(16)9-11-19(13,17)2/h9,12,16-17H,1,4-8,10-11H2,2-3H3. The highest BCUT2D eigenvalue weighted by Crippen LogP contribution is 2.63. The molecule has 0 spiro atoms. The van der Waals surface area contributed by atoms with Crippen molar-refractivity contribution in [3.63, 3.8) is 0 Å². The van der Waals surface area contributed by atoms with E-state index in [0.29, 0.717) is 11.2 Å². The molecular formula is C20H26O. The second-order valence-corrected chi connectivity index (χ2v) is 8.14. The van der Waals surface area contributed by atoms with E-state index in [-0.39, 0.29) is 5.41 Å². The predicted octanol–water partition coefficient (Wildman–Crippen LogP) is 4.99. The molecule has 0 amide bonds. The summed E-state index contributed by atoms with van der Waals surface area (Å²) in [5.41, 5.74) is 5.10. The van der Waals surface area contributed by atoms with Crippen LogP contribution in [0.1, 0.15) is 58.8 Å². The van der Waals surface area contributed by atoms with Crippen molar-refractivity contribution < 1.29 is 4.79 Å². The molecule has 0 bridgehead atoms. The van der Waals surface area contributed by atoms with Gasteiger partial charge in [-0.05, 0) is 61.9 Å². The number of carbonyl (C=O) groups excluding carboxylic acids is 1. The van der Waals surface area contributed by atoms with E-state index >= 15 is 0 Å². The van der Waals surface area contributed by atoms with Gasteiger partial charge < -0.3 is 0 Å². The van der Waals surface area contributed by atoms with Gasteiger partial charge in [0.25, 0.3) is 0 Å². The first-order valence-corrected chi connectivity index (χ1v) is 8.58. The van der Waals surface area contributed by atoms with E-state index in [1.807, 2.05) is 6.08 Å². The molecule has 2 fully saturated rings. The van der Waals surface area contributed by atoms with Crippen LogP contribution in [0.15, 0.2) is 35.5 Å². The third kappa shape index (κ3) is 1.67. The SMILES string of the molecule is C=C1CCC2C3CCC4=CC(=O)CCC4(C)C3=CCC12C. The zero-order chi connectivity index (χ0) is 14.8. The summed E-state index contributed by atoms with van der Waals surface area (Å²) in [5, 5.41) is 0. The molecular weight excluding hydrogens is 256 g/mol. The molecule has 0 aromatic rings. The minimum atomic E-state index is 0.183. The fourth-order valence-electron chi connectivity index (χ4n) is 5.77. The highest BCUT2D eigenvalue weighted by atomic mass is 16.1. The summed E-state index contributed by atoms with van der Waals surface area (Å²) >= 11 is 0. The lowest BCUT2D eigenvalue weighted by molar-refractivity contribution is -0.115. The third-order valence-corrected chi connectivity index (χ3v) is 7.29. The number of fused-ring (bicyclic) bond motifs is 5. The van der Waals surface area contributed by atoms with Crippen LogP contribution < -0.4 is 0 Å². The van der Waals surface area contributed by atoms with Gasteiger partial charge in [0.05, 0.1) is 0 Å². The van der Waals surface area contributed by atoms with E-state index in [9.17, 15) is 4.79 Å². The van der Waals surface area contributed by atoms with Crippen molar-refractivity contribution in [2.75, 3.05) is 0 Å². The van der Waals surface area contributed by atoms with Gasteiger partial charge in [0.1, 0.15) is 0 Å². The van der Waals surface area contributed by atoms with Gasteiger partial charge in [0.2, 0.25) is 0 Å². The van der Waals surface area contributed by atoms with Crippen LogP contribution in [0.4, 0.5) is 0 Å². The van der Waals surface area contributed by atoms with Crippen molar-refractivity contribution in [1.29, 1.82) is 0 Å². The largest absolute Gasteiger partial charge is 0.295 e. The van der Waals surface area contributed by atoms with Crippen LogP contribution in [0.5, 0.6) is 0 Å². The van der Waals surface area contributed by atoms with Crippen LogP contribution in [-0.4, -0.2) is 5.78 Å². The molecule has 112 valence electrons. The lowest BCUT2D eigenvalue weighted by Gasteiger charge is -2.52. The number of allylic oxidation sites excluding steroid dienone is 5. The summed E-state index contributed by atoms with van der Waals surface area (Å²) < 4.78 is 0. The summed E-state index contributed by atoms with van der Waals surface area (Å²) in [6.07, 6.45) is 12.4. The lowest BCUT2D eigenvalue weighted by atomic mass is 9.52. The van der Waals surface area contributed by atoms with Gasteiger partial charge in [-0.3, -0.25) is 4.79 Å². The average Bonchev–Trinajstić information content (AvgIpc) is 2.76. The Kier molecular flexibility index (Phi) is 2.72. The van der Waals surface area contributed by atoms with Gasteiger partial charge in [-0.1, -0.05) is 43.2 Å². The smallest absolute Gasteiger partial charge is 0.155 e. The first-order valence-electron chi connectivity index (χ1n) is 8.58. The second-order valence-electron chi connectivity index (χ2n) is 8.14. The molecule has 1 heteroatoms. The third-order valence-electron chi connectivity index (χ3n) is 7.29. The quantitative estimate of drug-likeness (QED) is 0.572. The lowest BCUT2D eigenvalue weighted by Crippen LogP contribution is -2.43. The maximum absolute atomic E-state index is 11.8. The fourth-order valence-corrected chi connectivity index (χ4v) is 5.77. The van der Waals surface area contributed by atoms with E-state index in [1.165, 1.54) is 36.8 Å². The molecule has 4 rings (SSSR count). The number of rotatable bonds is 0. The number of hydrogen-bond acceptors (Lipinski definition) is 1. The van der Waals surface area contributed by atoms with Crippen molar-refractivity contribution >= 4 is 5.78 Å². The van der Waals surface area contributed by atoms with E-state index in [1.54, 1.807) is 5.57 Å². The van der Waals surface area contributed by atoms with Gasteiger partial charge in [-0.2, -0.15) is 0 Å². The Balaban J connectivity index is 1.78. The van der Waals surface area contributed by atoms with Gasteiger partial charge in [-0.25, -0.2) is 0 Å². The maximum atomic E-state index is 11.8. The number of hydrogen-bond donors (Lipinski definition) is 0. The second kappa shape index (κ2) is 4.21. The summed E-state index contributed by atoms with van der Waals surface area (Å²) in [6, 6.07) is 0. The number of carbonyl (C=O) groups is 1. The molecule has 0 saturated heterocycles. The average molecular weight is 282 g/mol. The Hall–Kier alpha value is -1.11. The van der Waals surface area contributed by atoms with E-state index < -0.39 is 0 Å². The highest BCUT2D eigenvalue weighted by Gasteiger charge is 2.53. The Morgan fingerprint density at radius 2 is 2.00 bits per heavy atom. The molecule has 4 aliphatic carbocycles. The van der Waals surface area contributed by atoms with Gasteiger partial charge in [0, 0.05) is 11.8 Å². The minimum absolute atomic E-state index is 0.183. The van der Waals surface area contributed by atoms with Gasteiger partial charge >= 0.3 is 0 Å². The van der Waals surface area contributed by atoms with Crippen LogP contribution in [0.25, 0.3) is 0 Å². The molecule has 0 radical (unpaired) electrons. The summed E-state index contributed by atoms with van der Waals surface area (Å²) in [4.78, 5) is 11.8. The predicted molar refractivity (Wildman–Crippen MR) is 85.8 cm³/mol. The van der Waals surface area contributed by atoms with Crippen LogP contribution >= 0.6 is 0 Å². The fraction of sp³-hybridized carbons (Fsp3) is 0.650. The molecule has 4 unspecified atom stereocenters. The molecule has 1 nitrogen and oxygen atoms in total. The van der Waals surface area contributed by atoms with Gasteiger partial charge in [0.15, 0.2) is 5.78 Å². The Labute approximate surface area is 128 Å². The van der Waals surface area contributed by atoms with Crippen LogP contribution in [0.2, 0.25) is 0 Å². The minimum Gasteiger partial charge on any atom is -0.295 e. The maximum Gasteiger partial charge on any atom is 0.155 e. The Bertz CT molecular complexity index is 593. The molecule has 0 N–H and O–H groups in total. The van der Waals surface area contributed by atoms with Crippen molar-refractivity contribution in [1.82, 2.24) is 0 Å². The molecule has 0 aromatic carbocycles. The molecule has 2 saturated carbocycles. The van der Waals surface area contributed by atoms with Crippen molar-refractivity contribution in [2.45, 2.75) is 58.8 Å². The van der Waals surface area contributed by atoms with Gasteiger partial charge in [-0.15, -0.1) is 0 Å². The monoisotopic (exact) mass is 282 g/mol. The van der Waals surface area contributed by atoms with E-state index in [0.717, 1.165) is 31.1 Å². The Morgan fingerprint density at radius 1 is 1.19 bits per heavy atom. The van der Waals surface area contributed by atoms with Crippen molar-refractivity contribution in [3.8, 4) is 0 Å². The number of ketones is 1. The van der Waals surface area contributed by atoms with E-state index in [2.05, 4.69) is 26.5 Å². The molecule has 0 aromatic heterocycles. The highest BCUT2D eigenvalue weighted by molar-refractivity contribution is 5.92. The summed E-state index contributed by atoms with van der Waals surface area (Å²) in [7, 11) is 0. The van der Waals surface area contributed by atoms with Crippen LogP contribution in [0.3, 0.4) is 0 Å². The summed E-state index contributed by atoms with van der Waals surface area (Å²) in [5.74, 6) is 1.87.